The Bertz CT molecular complexity index is 338. The van der Waals surface area contributed by atoms with E-state index >= 15 is 0 Å². The van der Waals surface area contributed by atoms with Crippen molar-refractivity contribution in [3.05, 3.63) is 35.9 Å². The molecule has 100 valence electrons. The second kappa shape index (κ2) is 8.70. The number of benzene rings is 1. The van der Waals surface area contributed by atoms with Gasteiger partial charge in [0.25, 0.3) is 0 Å². The quantitative estimate of drug-likeness (QED) is 0.717. The van der Waals surface area contributed by atoms with Gasteiger partial charge in [-0.1, -0.05) is 37.3 Å². The summed E-state index contributed by atoms with van der Waals surface area (Å²) >= 11 is 0. The lowest BCUT2D eigenvalue weighted by Gasteiger charge is -2.22. The lowest BCUT2D eigenvalue weighted by Crippen LogP contribution is -2.31. The van der Waals surface area contributed by atoms with Gasteiger partial charge in [0.05, 0.1) is 0 Å². The van der Waals surface area contributed by atoms with Crippen LogP contribution in [0.2, 0.25) is 0 Å². The number of amides is 1. The highest BCUT2D eigenvalue weighted by Gasteiger charge is 2.12. The molecule has 18 heavy (non-hydrogen) atoms. The number of rotatable bonds is 8. The van der Waals surface area contributed by atoms with E-state index in [1.807, 2.05) is 30.1 Å². The van der Waals surface area contributed by atoms with Crippen molar-refractivity contribution < 1.29 is 4.79 Å². The molecule has 0 spiro atoms. The third-order valence-electron chi connectivity index (χ3n) is 2.88. The standard InChI is InChI=1S/C15H24N2O/c1-3-12-17(15(18)10-7-11-16-2)13-14-8-5-4-6-9-14/h4-6,8-9,16H,3,7,10-13H2,1-2H3. The Morgan fingerprint density at radius 1 is 1.28 bits per heavy atom. The molecule has 1 aromatic carbocycles. The van der Waals surface area contributed by atoms with Gasteiger partial charge < -0.3 is 10.2 Å². The Balaban J connectivity index is 2.50. The van der Waals surface area contributed by atoms with Gasteiger partial charge in [0, 0.05) is 19.5 Å². The molecule has 0 aliphatic carbocycles. The Kier molecular flexibility index (Phi) is 7.11. The zero-order valence-corrected chi connectivity index (χ0v) is 11.5. The molecule has 0 fully saturated rings. The molecule has 0 radical (unpaired) electrons. The summed E-state index contributed by atoms with van der Waals surface area (Å²) in [6.07, 6.45) is 2.54. The molecule has 0 unspecified atom stereocenters. The number of carbonyl (C=O) groups excluding carboxylic acids is 1. The van der Waals surface area contributed by atoms with Crippen LogP contribution in [-0.4, -0.2) is 30.9 Å². The first-order valence-corrected chi connectivity index (χ1v) is 6.74. The fourth-order valence-electron chi connectivity index (χ4n) is 1.94. The van der Waals surface area contributed by atoms with Crippen LogP contribution in [0.15, 0.2) is 30.3 Å². The van der Waals surface area contributed by atoms with Crippen LogP contribution in [0.3, 0.4) is 0 Å². The molecule has 0 aliphatic rings. The first-order valence-electron chi connectivity index (χ1n) is 6.74. The summed E-state index contributed by atoms with van der Waals surface area (Å²) in [5.41, 5.74) is 1.20. The molecule has 0 saturated heterocycles. The summed E-state index contributed by atoms with van der Waals surface area (Å²) in [4.78, 5) is 14.1. The third-order valence-corrected chi connectivity index (χ3v) is 2.88. The zero-order valence-electron chi connectivity index (χ0n) is 11.5. The summed E-state index contributed by atoms with van der Waals surface area (Å²) in [5, 5.41) is 3.07. The minimum absolute atomic E-state index is 0.260. The summed E-state index contributed by atoms with van der Waals surface area (Å²) in [7, 11) is 1.91. The minimum Gasteiger partial charge on any atom is -0.338 e. The van der Waals surface area contributed by atoms with Gasteiger partial charge in [-0.2, -0.15) is 0 Å². The lowest BCUT2D eigenvalue weighted by atomic mass is 10.2. The highest BCUT2D eigenvalue weighted by molar-refractivity contribution is 5.76. The van der Waals surface area contributed by atoms with Gasteiger partial charge in [0.1, 0.15) is 0 Å². The minimum atomic E-state index is 0.260. The average Bonchev–Trinajstić information content (AvgIpc) is 2.39. The van der Waals surface area contributed by atoms with Crippen LogP contribution in [0, 0.1) is 0 Å². The number of hydrogen-bond donors (Lipinski definition) is 1. The smallest absolute Gasteiger partial charge is 0.222 e. The maximum absolute atomic E-state index is 12.1. The van der Waals surface area contributed by atoms with E-state index < -0.39 is 0 Å². The van der Waals surface area contributed by atoms with Crippen LogP contribution < -0.4 is 5.32 Å². The lowest BCUT2D eigenvalue weighted by molar-refractivity contribution is -0.131. The van der Waals surface area contributed by atoms with Gasteiger partial charge in [-0.25, -0.2) is 0 Å². The summed E-state index contributed by atoms with van der Waals surface area (Å²) in [6, 6.07) is 10.2. The molecule has 0 aliphatic heterocycles. The molecule has 3 heteroatoms. The van der Waals surface area contributed by atoms with Crippen molar-refractivity contribution in [1.82, 2.24) is 10.2 Å². The van der Waals surface area contributed by atoms with Crippen LogP contribution in [0.25, 0.3) is 0 Å². The van der Waals surface area contributed by atoms with Crippen LogP contribution >= 0.6 is 0 Å². The van der Waals surface area contributed by atoms with Crippen LogP contribution in [0.5, 0.6) is 0 Å². The SMILES string of the molecule is CCCN(Cc1ccccc1)C(=O)CCCNC. The molecule has 1 N–H and O–H groups in total. The number of nitrogens with one attached hydrogen (secondary N) is 1. The Morgan fingerprint density at radius 3 is 2.61 bits per heavy atom. The van der Waals surface area contributed by atoms with Crippen molar-refractivity contribution >= 4 is 5.91 Å². The van der Waals surface area contributed by atoms with Crippen molar-refractivity contribution in [2.75, 3.05) is 20.1 Å². The van der Waals surface area contributed by atoms with E-state index in [0.717, 1.165) is 32.5 Å². The first-order chi connectivity index (χ1) is 8.77. The molecular weight excluding hydrogens is 224 g/mol. The van der Waals surface area contributed by atoms with E-state index in [-0.39, 0.29) is 5.91 Å². The molecule has 1 rings (SSSR count). The number of hydrogen-bond acceptors (Lipinski definition) is 2. The van der Waals surface area contributed by atoms with E-state index in [1.54, 1.807) is 0 Å². The van der Waals surface area contributed by atoms with Gasteiger partial charge in [-0.3, -0.25) is 4.79 Å². The maximum atomic E-state index is 12.1. The van der Waals surface area contributed by atoms with Crippen molar-refractivity contribution in [3.8, 4) is 0 Å². The Labute approximate surface area is 110 Å². The maximum Gasteiger partial charge on any atom is 0.222 e. The van der Waals surface area contributed by atoms with Gasteiger partial charge in [0.2, 0.25) is 5.91 Å². The highest BCUT2D eigenvalue weighted by atomic mass is 16.2. The van der Waals surface area contributed by atoms with E-state index in [9.17, 15) is 4.79 Å². The zero-order chi connectivity index (χ0) is 13.2. The Morgan fingerprint density at radius 2 is 2.00 bits per heavy atom. The number of carbonyl (C=O) groups is 1. The fourth-order valence-corrected chi connectivity index (χ4v) is 1.94. The van der Waals surface area contributed by atoms with E-state index in [0.29, 0.717) is 6.42 Å². The Hall–Kier alpha value is -1.35. The van der Waals surface area contributed by atoms with Crippen molar-refractivity contribution in [2.45, 2.75) is 32.7 Å². The second-order valence-corrected chi connectivity index (χ2v) is 4.51. The van der Waals surface area contributed by atoms with Crippen molar-refractivity contribution in [1.29, 1.82) is 0 Å². The molecule has 1 amide bonds. The average molecular weight is 248 g/mol. The van der Waals surface area contributed by atoms with E-state index in [4.69, 9.17) is 0 Å². The monoisotopic (exact) mass is 248 g/mol. The molecule has 0 saturated carbocycles. The second-order valence-electron chi connectivity index (χ2n) is 4.51. The fraction of sp³-hybridized carbons (Fsp3) is 0.533. The molecule has 1 aromatic rings. The predicted octanol–water partition coefficient (Wildman–Crippen LogP) is 2.42. The van der Waals surface area contributed by atoms with Gasteiger partial charge in [0.15, 0.2) is 0 Å². The predicted molar refractivity (Wildman–Crippen MR) is 75.3 cm³/mol. The summed E-state index contributed by atoms with van der Waals surface area (Å²) in [6.45, 7) is 4.58. The van der Waals surface area contributed by atoms with Crippen molar-refractivity contribution in [2.24, 2.45) is 0 Å². The largest absolute Gasteiger partial charge is 0.338 e. The summed E-state index contributed by atoms with van der Waals surface area (Å²) in [5.74, 6) is 0.260. The first kappa shape index (κ1) is 14.7. The van der Waals surface area contributed by atoms with Gasteiger partial charge >= 0.3 is 0 Å². The van der Waals surface area contributed by atoms with Crippen LogP contribution in [0.4, 0.5) is 0 Å². The van der Waals surface area contributed by atoms with Gasteiger partial charge in [-0.05, 0) is 32.0 Å². The normalized spacial score (nSPS) is 10.3. The van der Waals surface area contributed by atoms with E-state index in [2.05, 4.69) is 24.4 Å². The van der Waals surface area contributed by atoms with Crippen molar-refractivity contribution in [3.63, 3.8) is 0 Å². The molecule has 3 nitrogen and oxygen atoms in total. The van der Waals surface area contributed by atoms with Gasteiger partial charge in [-0.15, -0.1) is 0 Å². The number of nitrogens with zero attached hydrogens (tertiary/aromatic N) is 1. The highest BCUT2D eigenvalue weighted by Crippen LogP contribution is 2.07. The molecule has 0 atom stereocenters. The topological polar surface area (TPSA) is 32.3 Å². The third kappa shape index (κ3) is 5.32. The molecule has 0 aromatic heterocycles. The molecular formula is C15H24N2O. The van der Waals surface area contributed by atoms with Crippen LogP contribution in [0.1, 0.15) is 31.7 Å². The molecule has 0 heterocycles. The molecule has 0 bridgehead atoms. The summed E-state index contributed by atoms with van der Waals surface area (Å²) < 4.78 is 0. The van der Waals surface area contributed by atoms with E-state index in [1.165, 1.54) is 5.56 Å². The van der Waals surface area contributed by atoms with Crippen LogP contribution in [-0.2, 0) is 11.3 Å².